The highest BCUT2D eigenvalue weighted by atomic mass is 16.7. The van der Waals surface area contributed by atoms with Gasteiger partial charge in [0.2, 0.25) is 5.91 Å². The number of benzene rings is 1. The summed E-state index contributed by atoms with van der Waals surface area (Å²) >= 11 is 0. The van der Waals surface area contributed by atoms with Gasteiger partial charge in [-0.3, -0.25) is 9.59 Å². The Bertz CT molecular complexity index is 489. The van der Waals surface area contributed by atoms with Crippen LogP contribution in [0.5, 0.6) is 0 Å². The number of carboxylic acid groups (broad SMARTS) is 1. The number of primary amides is 1. The van der Waals surface area contributed by atoms with Crippen molar-refractivity contribution in [3.8, 4) is 0 Å². The van der Waals surface area contributed by atoms with E-state index in [0.29, 0.717) is 0 Å². The number of amides is 1. The molecule has 108 valence electrons. The molecule has 1 aromatic rings. The molecule has 0 aliphatic carbocycles. The quantitative estimate of drug-likeness (QED) is 0.677. The molecule has 0 saturated heterocycles. The molecule has 1 amide bonds. The molecule has 0 bridgehead atoms. The van der Waals surface area contributed by atoms with E-state index in [1.165, 1.54) is 7.05 Å². The highest BCUT2D eigenvalue weighted by Gasteiger charge is 2.27. The van der Waals surface area contributed by atoms with Crippen LogP contribution >= 0.6 is 0 Å². The Labute approximate surface area is 115 Å². The normalized spacial score (nSPS) is 11.9. The Morgan fingerprint density at radius 1 is 1.30 bits per heavy atom. The predicted molar refractivity (Wildman–Crippen MR) is 69.2 cm³/mol. The first kappa shape index (κ1) is 15.6. The lowest BCUT2D eigenvalue weighted by Crippen LogP contribution is -2.42. The SMILES string of the molecule is CN(OC(=O)Cc1ccccc1)[C@@H](CC(N)=O)C(=O)O. The number of likely N-dealkylation sites (N-methyl/N-ethyl adjacent to an activating group) is 1. The highest BCUT2D eigenvalue weighted by Crippen LogP contribution is 2.06. The maximum Gasteiger partial charge on any atom is 0.329 e. The van der Waals surface area contributed by atoms with E-state index in [2.05, 4.69) is 0 Å². The Kier molecular flexibility index (Phi) is 5.67. The standard InChI is InChI=1S/C13H16N2O5/c1-15(10(13(18)19)8-11(14)16)20-12(17)7-9-5-3-2-4-6-9/h2-6,10H,7-8H2,1H3,(H2,14,16)(H,18,19)/t10-/m0/s1. The summed E-state index contributed by atoms with van der Waals surface area (Å²) in [7, 11) is 1.27. The molecule has 0 aliphatic heterocycles. The van der Waals surface area contributed by atoms with Gasteiger partial charge in [0, 0.05) is 7.05 Å². The summed E-state index contributed by atoms with van der Waals surface area (Å²) in [6, 6.07) is 7.57. The molecule has 0 spiro atoms. The average molecular weight is 280 g/mol. The van der Waals surface area contributed by atoms with E-state index in [4.69, 9.17) is 15.7 Å². The number of hydrogen-bond acceptors (Lipinski definition) is 5. The van der Waals surface area contributed by atoms with Gasteiger partial charge in [0.1, 0.15) is 0 Å². The molecule has 7 heteroatoms. The van der Waals surface area contributed by atoms with E-state index in [1.807, 2.05) is 6.07 Å². The van der Waals surface area contributed by atoms with E-state index >= 15 is 0 Å². The van der Waals surface area contributed by atoms with Gasteiger partial charge in [-0.1, -0.05) is 30.3 Å². The Hall–Kier alpha value is -2.41. The van der Waals surface area contributed by atoms with E-state index in [1.54, 1.807) is 24.3 Å². The molecule has 0 radical (unpaired) electrons. The van der Waals surface area contributed by atoms with Crippen molar-refractivity contribution in [1.82, 2.24) is 5.06 Å². The summed E-state index contributed by atoms with van der Waals surface area (Å²) in [6.07, 6.45) is -0.432. The van der Waals surface area contributed by atoms with Crippen LogP contribution in [0.3, 0.4) is 0 Å². The number of carbonyl (C=O) groups is 3. The molecule has 1 atom stereocenters. The third-order valence-electron chi connectivity index (χ3n) is 2.56. The fraction of sp³-hybridized carbons (Fsp3) is 0.308. The van der Waals surface area contributed by atoms with Crippen LogP contribution in [0.4, 0.5) is 0 Å². The number of carboxylic acids is 1. The third kappa shape index (κ3) is 5.07. The lowest BCUT2D eigenvalue weighted by Gasteiger charge is -2.22. The minimum Gasteiger partial charge on any atom is -0.480 e. The zero-order chi connectivity index (χ0) is 15.1. The number of hydroxylamine groups is 2. The molecule has 1 aromatic carbocycles. The molecule has 0 unspecified atom stereocenters. The van der Waals surface area contributed by atoms with Crippen molar-refractivity contribution in [3.05, 3.63) is 35.9 Å². The Morgan fingerprint density at radius 3 is 2.40 bits per heavy atom. The first-order valence-corrected chi connectivity index (χ1v) is 5.89. The first-order chi connectivity index (χ1) is 9.40. The zero-order valence-corrected chi connectivity index (χ0v) is 11.0. The van der Waals surface area contributed by atoms with Crippen LogP contribution in [0.25, 0.3) is 0 Å². The van der Waals surface area contributed by atoms with Crippen LogP contribution in [-0.4, -0.2) is 41.1 Å². The molecular weight excluding hydrogens is 264 g/mol. The molecular formula is C13H16N2O5. The second-order valence-electron chi connectivity index (χ2n) is 4.20. The van der Waals surface area contributed by atoms with Crippen molar-refractivity contribution >= 4 is 17.8 Å². The average Bonchev–Trinajstić information content (AvgIpc) is 2.36. The lowest BCUT2D eigenvalue weighted by atomic mass is 10.2. The molecule has 0 saturated carbocycles. The topological polar surface area (TPSA) is 110 Å². The third-order valence-corrected chi connectivity index (χ3v) is 2.56. The second-order valence-corrected chi connectivity index (χ2v) is 4.20. The van der Waals surface area contributed by atoms with Gasteiger partial charge in [0.15, 0.2) is 6.04 Å². The van der Waals surface area contributed by atoms with Crippen molar-refractivity contribution in [1.29, 1.82) is 0 Å². The first-order valence-electron chi connectivity index (χ1n) is 5.89. The van der Waals surface area contributed by atoms with Gasteiger partial charge in [-0.2, -0.15) is 0 Å². The van der Waals surface area contributed by atoms with Crippen LogP contribution < -0.4 is 5.73 Å². The van der Waals surface area contributed by atoms with Crippen molar-refractivity contribution in [3.63, 3.8) is 0 Å². The van der Waals surface area contributed by atoms with Crippen molar-refractivity contribution in [2.75, 3.05) is 7.05 Å². The second kappa shape index (κ2) is 7.25. The minimum absolute atomic E-state index is 0.00803. The van der Waals surface area contributed by atoms with Crippen LogP contribution in [0, 0.1) is 0 Å². The molecule has 3 N–H and O–H groups in total. The van der Waals surface area contributed by atoms with Gasteiger partial charge in [0.25, 0.3) is 0 Å². The minimum atomic E-state index is -1.30. The van der Waals surface area contributed by atoms with Gasteiger partial charge < -0.3 is 15.7 Å². The van der Waals surface area contributed by atoms with Gasteiger partial charge in [-0.05, 0) is 5.56 Å². The van der Waals surface area contributed by atoms with E-state index < -0.39 is 30.3 Å². The van der Waals surface area contributed by atoms with Crippen LogP contribution in [0.15, 0.2) is 30.3 Å². The summed E-state index contributed by atoms with van der Waals surface area (Å²) in [5, 5.41) is 9.79. The number of nitrogens with zero attached hydrogens (tertiary/aromatic N) is 1. The number of aliphatic carboxylic acids is 1. The number of carbonyl (C=O) groups excluding carboxylic acids is 2. The molecule has 20 heavy (non-hydrogen) atoms. The zero-order valence-electron chi connectivity index (χ0n) is 11.0. The maximum atomic E-state index is 11.7. The van der Waals surface area contributed by atoms with Crippen molar-refractivity contribution < 1.29 is 24.3 Å². The monoisotopic (exact) mass is 280 g/mol. The van der Waals surface area contributed by atoms with E-state index in [-0.39, 0.29) is 6.42 Å². The van der Waals surface area contributed by atoms with E-state index in [0.717, 1.165) is 10.6 Å². The van der Waals surface area contributed by atoms with Gasteiger partial charge in [0.05, 0.1) is 12.8 Å². The highest BCUT2D eigenvalue weighted by molar-refractivity contribution is 5.83. The van der Waals surface area contributed by atoms with Crippen molar-refractivity contribution in [2.24, 2.45) is 5.73 Å². The fourth-order valence-corrected chi connectivity index (χ4v) is 1.58. The fourth-order valence-electron chi connectivity index (χ4n) is 1.58. The Balaban J connectivity index is 2.59. The van der Waals surface area contributed by atoms with Crippen LogP contribution in [0.1, 0.15) is 12.0 Å². The van der Waals surface area contributed by atoms with Crippen LogP contribution in [-0.2, 0) is 25.6 Å². The molecule has 7 nitrogen and oxygen atoms in total. The van der Waals surface area contributed by atoms with Crippen molar-refractivity contribution in [2.45, 2.75) is 18.9 Å². The summed E-state index contributed by atoms with van der Waals surface area (Å²) in [5.41, 5.74) is 5.70. The smallest absolute Gasteiger partial charge is 0.329 e. The van der Waals surface area contributed by atoms with Gasteiger partial charge >= 0.3 is 11.9 Å². The summed E-state index contributed by atoms with van der Waals surface area (Å²) in [6.45, 7) is 0. The molecule has 0 fully saturated rings. The van der Waals surface area contributed by atoms with Crippen LogP contribution in [0.2, 0.25) is 0 Å². The number of nitrogens with two attached hydrogens (primary N) is 1. The Morgan fingerprint density at radius 2 is 1.90 bits per heavy atom. The lowest BCUT2D eigenvalue weighted by molar-refractivity contribution is -0.199. The molecule has 1 rings (SSSR count). The number of hydrogen-bond donors (Lipinski definition) is 2. The summed E-state index contributed by atoms with van der Waals surface area (Å²) in [4.78, 5) is 38.3. The van der Waals surface area contributed by atoms with Gasteiger partial charge in [-0.15, -0.1) is 5.06 Å². The predicted octanol–water partition coefficient (Wildman–Crippen LogP) is -0.0523. The summed E-state index contributed by atoms with van der Waals surface area (Å²) < 4.78 is 0. The summed E-state index contributed by atoms with van der Waals surface area (Å²) in [5.74, 6) is -2.70. The largest absolute Gasteiger partial charge is 0.480 e. The molecule has 0 heterocycles. The number of rotatable bonds is 7. The van der Waals surface area contributed by atoms with E-state index in [9.17, 15) is 14.4 Å². The van der Waals surface area contributed by atoms with Gasteiger partial charge in [-0.25, -0.2) is 4.79 Å². The maximum absolute atomic E-state index is 11.7. The molecule has 0 aliphatic rings. The molecule has 0 aromatic heterocycles.